The SMILES string of the molecule is CCCCCCCCCCCCCCCC(=O)Nc1ccc(S(=O)(=O)c2ccc(NC(=O)CCCCCCCCCCCCCCC)cc2)cc1. The molecule has 0 atom stereocenters. The average Bonchev–Trinajstić information content (AvgIpc) is 3.12. The molecule has 0 radical (unpaired) electrons. The molecule has 2 amide bonds. The lowest BCUT2D eigenvalue weighted by Crippen LogP contribution is -2.11. The Morgan fingerprint density at radius 2 is 0.627 bits per heavy atom. The zero-order valence-corrected chi connectivity index (χ0v) is 33.3. The Bertz CT molecular complexity index is 1180. The number of benzene rings is 2. The molecule has 7 heteroatoms. The number of carbonyl (C=O) groups is 2. The van der Waals surface area contributed by atoms with E-state index in [1.165, 1.54) is 166 Å². The predicted octanol–water partition coefficient (Wildman–Crippen LogP) is 13.4. The summed E-state index contributed by atoms with van der Waals surface area (Å²) in [5.41, 5.74) is 1.19. The van der Waals surface area contributed by atoms with Crippen molar-refractivity contribution >= 4 is 33.0 Å². The summed E-state index contributed by atoms with van der Waals surface area (Å²) in [6.45, 7) is 4.52. The van der Waals surface area contributed by atoms with Crippen molar-refractivity contribution < 1.29 is 18.0 Å². The molecule has 0 saturated heterocycles. The quantitative estimate of drug-likeness (QED) is 0.0735. The third kappa shape index (κ3) is 21.5. The minimum absolute atomic E-state index is 0.0413. The zero-order chi connectivity index (χ0) is 36.8. The van der Waals surface area contributed by atoms with Gasteiger partial charge in [0.15, 0.2) is 0 Å². The Labute approximate surface area is 312 Å². The number of unbranched alkanes of at least 4 members (excludes halogenated alkanes) is 24. The summed E-state index contributed by atoms with van der Waals surface area (Å²) in [6, 6.07) is 12.7. The fraction of sp³-hybridized carbons (Fsp3) is 0.682. The molecule has 0 fully saturated rings. The first-order valence-electron chi connectivity index (χ1n) is 20.9. The molecular formula is C44H72N2O4S. The van der Waals surface area contributed by atoms with Crippen LogP contribution in [0.15, 0.2) is 58.3 Å². The van der Waals surface area contributed by atoms with Crippen molar-refractivity contribution in [3.05, 3.63) is 48.5 Å². The van der Waals surface area contributed by atoms with Crippen LogP contribution in [0.3, 0.4) is 0 Å². The van der Waals surface area contributed by atoms with E-state index in [0.717, 1.165) is 25.7 Å². The van der Waals surface area contributed by atoms with E-state index >= 15 is 0 Å². The van der Waals surface area contributed by atoms with Crippen molar-refractivity contribution in [2.45, 2.75) is 203 Å². The Balaban J connectivity index is 1.58. The minimum Gasteiger partial charge on any atom is -0.326 e. The van der Waals surface area contributed by atoms with Crippen LogP contribution in [0.2, 0.25) is 0 Å². The summed E-state index contributed by atoms with van der Waals surface area (Å²) in [7, 11) is -3.73. The summed E-state index contributed by atoms with van der Waals surface area (Å²) in [5, 5.41) is 5.79. The highest BCUT2D eigenvalue weighted by Gasteiger charge is 2.18. The van der Waals surface area contributed by atoms with Gasteiger partial charge in [-0.05, 0) is 61.4 Å². The van der Waals surface area contributed by atoms with Gasteiger partial charge in [-0.15, -0.1) is 0 Å². The van der Waals surface area contributed by atoms with E-state index in [2.05, 4.69) is 24.5 Å². The fourth-order valence-electron chi connectivity index (χ4n) is 6.62. The number of nitrogens with one attached hydrogen (secondary N) is 2. The average molecular weight is 725 g/mol. The Morgan fingerprint density at radius 3 is 0.882 bits per heavy atom. The second-order valence-electron chi connectivity index (χ2n) is 14.6. The van der Waals surface area contributed by atoms with Gasteiger partial charge in [-0.1, -0.05) is 168 Å². The van der Waals surface area contributed by atoms with E-state index in [0.29, 0.717) is 24.2 Å². The van der Waals surface area contributed by atoms with Crippen LogP contribution >= 0.6 is 0 Å². The number of hydrogen-bond donors (Lipinski definition) is 2. The molecule has 0 heterocycles. The molecule has 51 heavy (non-hydrogen) atoms. The van der Waals surface area contributed by atoms with Gasteiger partial charge in [0.1, 0.15) is 0 Å². The topological polar surface area (TPSA) is 92.3 Å². The second kappa shape index (κ2) is 28.9. The molecule has 0 unspecified atom stereocenters. The number of anilines is 2. The van der Waals surface area contributed by atoms with Gasteiger partial charge in [-0.25, -0.2) is 8.42 Å². The van der Waals surface area contributed by atoms with Crippen molar-refractivity contribution in [2.24, 2.45) is 0 Å². The number of sulfone groups is 1. The first-order valence-corrected chi connectivity index (χ1v) is 22.4. The van der Waals surface area contributed by atoms with E-state index in [1.54, 1.807) is 24.3 Å². The molecule has 2 N–H and O–H groups in total. The van der Waals surface area contributed by atoms with E-state index in [4.69, 9.17) is 0 Å². The molecule has 2 aromatic rings. The van der Waals surface area contributed by atoms with Gasteiger partial charge in [-0.2, -0.15) is 0 Å². The van der Waals surface area contributed by atoms with Crippen LogP contribution in [0.25, 0.3) is 0 Å². The first-order chi connectivity index (χ1) is 24.9. The minimum atomic E-state index is -3.73. The Hall–Kier alpha value is -2.67. The number of rotatable bonds is 32. The second-order valence-corrected chi connectivity index (χ2v) is 16.6. The zero-order valence-electron chi connectivity index (χ0n) is 32.5. The van der Waals surface area contributed by atoms with Crippen molar-refractivity contribution in [2.75, 3.05) is 10.6 Å². The molecule has 6 nitrogen and oxygen atoms in total. The van der Waals surface area contributed by atoms with E-state index in [-0.39, 0.29) is 21.6 Å². The van der Waals surface area contributed by atoms with Crippen molar-refractivity contribution in [3.8, 4) is 0 Å². The third-order valence-corrected chi connectivity index (χ3v) is 11.7. The summed E-state index contributed by atoms with van der Waals surface area (Å²) in [5.74, 6) is -0.0826. The van der Waals surface area contributed by atoms with Crippen LogP contribution in [0.5, 0.6) is 0 Å². The van der Waals surface area contributed by atoms with Crippen LogP contribution in [-0.4, -0.2) is 20.2 Å². The molecule has 0 spiro atoms. The van der Waals surface area contributed by atoms with Gasteiger partial charge < -0.3 is 10.6 Å². The van der Waals surface area contributed by atoms with Crippen molar-refractivity contribution in [1.82, 2.24) is 0 Å². The summed E-state index contributed by atoms with van der Waals surface area (Å²) >= 11 is 0. The molecule has 0 aliphatic heterocycles. The van der Waals surface area contributed by atoms with Crippen molar-refractivity contribution in [1.29, 1.82) is 0 Å². The third-order valence-electron chi connectivity index (χ3n) is 9.91. The van der Waals surface area contributed by atoms with Gasteiger partial charge in [0.2, 0.25) is 21.7 Å². The first kappa shape index (κ1) is 44.5. The monoisotopic (exact) mass is 725 g/mol. The number of hydrogen-bond acceptors (Lipinski definition) is 4. The fourth-order valence-corrected chi connectivity index (χ4v) is 7.89. The molecule has 288 valence electrons. The standard InChI is InChI=1S/C44H72N2O4S/c1-3-5-7-9-11-13-15-17-19-21-23-25-27-29-43(47)45-39-31-35-41(36-32-39)51(49,50)42-37-33-40(34-38-42)46-44(48)30-28-26-24-22-20-18-16-14-12-10-8-6-4-2/h31-38H,3-30H2,1-2H3,(H,45,47)(H,46,48). The van der Waals surface area contributed by atoms with Gasteiger partial charge in [0.05, 0.1) is 9.79 Å². The van der Waals surface area contributed by atoms with E-state index in [9.17, 15) is 18.0 Å². The molecule has 0 aromatic heterocycles. The predicted molar refractivity (Wildman–Crippen MR) is 216 cm³/mol. The smallest absolute Gasteiger partial charge is 0.224 e. The molecule has 0 saturated carbocycles. The molecule has 0 aliphatic carbocycles. The van der Waals surface area contributed by atoms with Crippen molar-refractivity contribution in [3.63, 3.8) is 0 Å². The molecule has 2 rings (SSSR count). The summed E-state index contributed by atoms with van der Waals surface area (Å²) in [6.07, 6.45) is 33.9. The molecule has 0 aliphatic rings. The van der Waals surface area contributed by atoms with E-state index < -0.39 is 9.84 Å². The van der Waals surface area contributed by atoms with Gasteiger partial charge in [0.25, 0.3) is 0 Å². The molecule has 2 aromatic carbocycles. The van der Waals surface area contributed by atoms with Gasteiger partial charge in [-0.3, -0.25) is 9.59 Å². The van der Waals surface area contributed by atoms with Gasteiger partial charge in [0, 0.05) is 24.2 Å². The van der Waals surface area contributed by atoms with Crippen LogP contribution in [0.1, 0.15) is 194 Å². The maximum Gasteiger partial charge on any atom is 0.224 e. The Kier molecular flexibility index (Phi) is 25.2. The molecule has 0 bridgehead atoms. The maximum absolute atomic E-state index is 13.2. The lowest BCUT2D eigenvalue weighted by atomic mass is 10.0. The molecular weight excluding hydrogens is 653 g/mol. The Morgan fingerprint density at radius 1 is 0.392 bits per heavy atom. The van der Waals surface area contributed by atoms with Gasteiger partial charge >= 0.3 is 0 Å². The maximum atomic E-state index is 13.2. The summed E-state index contributed by atoms with van der Waals surface area (Å²) < 4.78 is 26.5. The lowest BCUT2D eigenvalue weighted by Gasteiger charge is -2.09. The normalized spacial score (nSPS) is 11.5. The highest BCUT2D eigenvalue weighted by Crippen LogP contribution is 2.24. The number of carbonyl (C=O) groups excluding carboxylic acids is 2. The van der Waals surface area contributed by atoms with Crippen LogP contribution in [0, 0.1) is 0 Å². The largest absolute Gasteiger partial charge is 0.326 e. The van der Waals surface area contributed by atoms with Crippen LogP contribution in [-0.2, 0) is 19.4 Å². The number of amides is 2. The summed E-state index contributed by atoms with van der Waals surface area (Å²) in [4.78, 5) is 25.2. The van der Waals surface area contributed by atoms with Crippen LogP contribution in [0.4, 0.5) is 11.4 Å². The van der Waals surface area contributed by atoms with Crippen LogP contribution < -0.4 is 10.6 Å². The lowest BCUT2D eigenvalue weighted by molar-refractivity contribution is -0.117. The highest BCUT2D eigenvalue weighted by atomic mass is 32.2. The highest BCUT2D eigenvalue weighted by molar-refractivity contribution is 7.91. The van der Waals surface area contributed by atoms with E-state index in [1.807, 2.05) is 0 Å².